The predicted octanol–water partition coefficient (Wildman–Crippen LogP) is 2.24. The topological polar surface area (TPSA) is 80.4 Å². The van der Waals surface area contributed by atoms with Gasteiger partial charge in [0.2, 0.25) is 0 Å². The third kappa shape index (κ3) is 4.41. The summed E-state index contributed by atoms with van der Waals surface area (Å²) in [6.07, 6.45) is -0.201. The summed E-state index contributed by atoms with van der Waals surface area (Å²) in [5.74, 6) is -1.20. The number of nitrogen functional groups attached to an aromatic ring is 1. The standard InChI is InChI=1S/C15H12BrNO3.Na.H/c16-11-6-4-9(5-7-11)15(20)12-3-1-2-10(14(12)17)8-13(18)19;;/h1-7H,8,17H2,(H,18,19);;. The summed E-state index contributed by atoms with van der Waals surface area (Å²) in [5, 5.41) is 8.82. The molecule has 0 aliphatic carbocycles. The second kappa shape index (κ2) is 7.75. The molecule has 6 heteroatoms. The molecule has 0 fully saturated rings. The Hall–Kier alpha value is -1.14. The number of carbonyl (C=O) groups excluding carboxylic acids is 1. The Bertz CT molecular complexity index is 671. The summed E-state index contributed by atoms with van der Waals surface area (Å²) in [4.78, 5) is 23.1. The van der Waals surface area contributed by atoms with Gasteiger partial charge < -0.3 is 10.8 Å². The quantitative estimate of drug-likeness (QED) is 0.499. The van der Waals surface area contributed by atoms with E-state index in [9.17, 15) is 9.59 Å². The van der Waals surface area contributed by atoms with Gasteiger partial charge in [-0.3, -0.25) is 9.59 Å². The number of rotatable bonds is 4. The van der Waals surface area contributed by atoms with Crippen molar-refractivity contribution < 1.29 is 14.7 Å². The zero-order valence-electron chi connectivity index (χ0n) is 10.5. The van der Waals surface area contributed by atoms with Crippen LogP contribution in [0.5, 0.6) is 0 Å². The molecule has 2 aromatic rings. The average molecular weight is 358 g/mol. The first kappa shape index (κ1) is 17.9. The maximum absolute atomic E-state index is 12.4. The van der Waals surface area contributed by atoms with Crippen LogP contribution in [0.15, 0.2) is 46.9 Å². The van der Waals surface area contributed by atoms with Crippen LogP contribution in [0.4, 0.5) is 5.69 Å². The number of carboxylic acid groups (broad SMARTS) is 1. The molecule has 0 amide bonds. The number of hydrogen-bond acceptors (Lipinski definition) is 3. The number of carboxylic acids is 1. The molecule has 0 heterocycles. The van der Waals surface area contributed by atoms with Gasteiger partial charge >= 0.3 is 35.5 Å². The van der Waals surface area contributed by atoms with Crippen LogP contribution in [0.1, 0.15) is 21.5 Å². The fourth-order valence-electron chi connectivity index (χ4n) is 1.88. The Kier molecular flexibility index (Phi) is 6.61. The van der Waals surface area contributed by atoms with Gasteiger partial charge in [-0.05, 0) is 35.9 Å². The van der Waals surface area contributed by atoms with Crippen LogP contribution in [0.3, 0.4) is 0 Å². The van der Waals surface area contributed by atoms with Gasteiger partial charge in [0.1, 0.15) is 0 Å². The minimum atomic E-state index is -0.982. The zero-order chi connectivity index (χ0) is 14.7. The van der Waals surface area contributed by atoms with E-state index in [1.165, 1.54) is 0 Å². The number of para-hydroxylation sites is 1. The monoisotopic (exact) mass is 357 g/mol. The molecular weight excluding hydrogens is 345 g/mol. The molecule has 0 saturated heterocycles. The van der Waals surface area contributed by atoms with E-state index in [2.05, 4.69) is 15.9 Å². The Morgan fingerprint density at radius 3 is 2.29 bits per heavy atom. The molecular formula is C15H13BrNNaO3. The number of halogens is 1. The zero-order valence-corrected chi connectivity index (χ0v) is 12.1. The number of aliphatic carboxylic acids is 1. The third-order valence-electron chi connectivity index (χ3n) is 2.89. The minimum absolute atomic E-state index is 0. The van der Waals surface area contributed by atoms with E-state index in [0.717, 1.165) is 4.47 Å². The van der Waals surface area contributed by atoms with Crippen LogP contribution in [0.25, 0.3) is 0 Å². The van der Waals surface area contributed by atoms with Gasteiger partial charge in [0.05, 0.1) is 6.42 Å². The van der Waals surface area contributed by atoms with Crippen molar-refractivity contribution in [1.82, 2.24) is 0 Å². The summed E-state index contributed by atoms with van der Waals surface area (Å²) >= 11 is 3.30. The third-order valence-corrected chi connectivity index (χ3v) is 3.42. The maximum atomic E-state index is 12.4. The first-order chi connectivity index (χ1) is 9.49. The number of ketones is 1. The fourth-order valence-corrected chi connectivity index (χ4v) is 2.15. The Labute approximate surface area is 152 Å². The summed E-state index contributed by atoms with van der Waals surface area (Å²) in [6, 6.07) is 11.8. The molecule has 3 N–H and O–H groups in total. The van der Waals surface area contributed by atoms with Crippen LogP contribution in [0, 0.1) is 0 Å². The van der Waals surface area contributed by atoms with E-state index >= 15 is 0 Å². The van der Waals surface area contributed by atoms with Crippen LogP contribution in [-0.4, -0.2) is 46.4 Å². The van der Waals surface area contributed by atoms with Crippen molar-refractivity contribution >= 4 is 62.9 Å². The molecule has 0 unspecified atom stereocenters. The number of anilines is 1. The van der Waals surface area contributed by atoms with Gasteiger partial charge in [-0.1, -0.05) is 28.1 Å². The van der Waals surface area contributed by atoms with Crippen molar-refractivity contribution in [2.24, 2.45) is 0 Å². The van der Waals surface area contributed by atoms with Gasteiger partial charge in [0.15, 0.2) is 5.78 Å². The molecule has 21 heavy (non-hydrogen) atoms. The number of hydrogen-bond donors (Lipinski definition) is 2. The molecule has 0 bridgehead atoms. The second-order valence-corrected chi connectivity index (χ2v) is 5.20. The summed E-state index contributed by atoms with van der Waals surface area (Å²) < 4.78 is 0.877. The van der Waals surface area contributed by atoms with E-state index in [4.69, 9.17) is 10.8 Å². The van der Waals surface area contributed by atoms with Crippen LogP contribution in [-0.2, 0) is 11.2 Å². The molecule has 0 aliphatic rings. The Morgan fingerprint density at radius 2 is 1.71 bits per heavy atom. The normalized spacial score (nSPS) is 9.76. The predicted molar refractivity (Wildman–Crippen MR) is 86.9 cm³/mol. The summed E-state index contributed by atoms with van der Waals surface area (Å²) in [5.41, 5.74) is 7.41. The van der Waals surface area contributed by atoms with Gasteiger partial charge in [-0.15, -0.1) is 0 Å². The number of carbonyl (C=O) groups is 2. The SMILES string of the molecule is Nc1c(CC(=O)O)cccc1C(=O)c1ccc(Br)cc1.[NaH]. The van der Waals surface area contributed by atoms with Crippen molar-refractivity contribution in [3.05, 3.63) is 63.6 Å². The molecule has 4 nitrogen and oxygen atoms in total. The summed E-state index contributed by atoms with van der Waals surface area (Å²) in [6.45, 7) is 0. The molecule has 0 saturated carbocycles. The van der Waals surface area contributed by atoms with Crippen molar-refractivity contribution in [2.75, 3.05) is 5.73 Å². The Morgan fingerprint density at radius 1 is 1.10 bits per heavy atom. The van der Waals surface area contributed by atoms with E-state index in [1.807, 2.05) is 0 Å². The van der Waals surface area contributed by atoms with Crippen LogP contribution >= 0.6 is 15.9 Å². The van der Waals surface area contributed by atoms with E-state index in [0.29, 0.717) is 16.7 Å². The number of benzene rings is 2. The van der Waals surface area contributed by atoms with Gasteiger partial charge in [0, 0.05) is 21.3 Å². The van der Waals surface area contributed by atoms with Crippen LogP contribution < -0.4 is 5.73 Å². The molecule has 0 radical (unpaired) electrons. The molecule has 0 aliphatic heterocycles. The molecule has 0 spiro atoms. The van der Waals surface area contributed by atoms with Crippen molar-refractivity contribution in [1.29, 1.82) is 0 Å². The van der Waals surface area contributed by atoms with Crippen molar-refractivity contribution in [2.45, 2.75) is 6.42 Å². The van der Waals surface area contributed by atoms with E-state index in [-0.39, 0.29) is 47.4 Å². The molecule has 2 rings (SSSR count). The van der Waals surface area contributed by atoms with E-state index < -0.39 is 5.97 Å². The molecule has 104 valence electrons. The molecule has 0 aromatic heterocycles. The van der Waals surface area contributed by atoms with Crippen LogP contribution in [0.2, 0.25) is 0 Å². The van der Waals surface area contributed by atoms with Gasteiger partial charge in [-0.2, -0.15) is 0 Å². The first-order valence-corrected chi connectivity index (χ1v) is 6.68. The first-order valence-electron chi connectivity index (χ1n) is 5.88. The van der Waals surface area contributed by atoms with E-state index in [1.54, 1.807) is 42.5 Å². The fraction of sp³-hybridized carbons (Fsp3) is 0.0667. The second-order valence-electron chi connectivity index (χ2n) is 4.28. The molecule has 0 atom stereocenters. The molecule has 2 aromatic carbocycles. The summed E-state index contributed by atoms with van der Waals surface area (Å²) in [7, 11) is 0. The van der Waals surface area contributed by atoms with Gasteiger partial charge in [-0.25, -0.2) is 0 Å². The van der Waals surface area contributed by atoms with Crippen molar-refractivity contribution in [3.63, 3.8) is 0 Å². The van der Waals surface area contributed by atoms with Gasteiger partial charge in [0.25, 0.3) is 0 Å². The van der Waals surface area contributed by atoms with Crippen molar-refractivity contribution in [3.8, 4) is 0 Å². The number of nitrogens with two attached hydrogens (primary N) is 1. The average Bonchev–Trinajstić information content (AvgIpc) is 2.41. The Balaban J connectivity index is 0.00000220.